The highest BCUT2D eigenvalue weighted by Gasteiger charge is 2.36. The number of hydrogen-bond acceptors (Lipinski definition) is 3. The monoisotopic (exact) mass is 348 g/mol. The van der Waals surface area contributed by atoms with Crippen molar-refractivity contribution in [1.29, 1.82) is 5.26 Å². The van der Waals surface area contributed by atoms with E-state index in [0.717, 1.165) is 12.1 Å². The summed E-state index contributed by atoms with van der Waals surface area (Å²) in [5.41, 5.74) is -2.25. The van der Waals surface area contributed by atoms with Gasteiger partial charge >= 0.3 is 12.4 Å². The van der Waals surface area contributed by atoms with Crippen molar-refractivity contribution in [2.24, 2.45) is 0 Å². The third kappa shape index (κ3) is 4.44. The van der Waals surface area contributed by atoms with Crippen LogP contribution in [0.3, 0.4) is 0 Å². The number of nitriles is 1. The molecule has 0 spiro atoms. The van der Waals surface area contributed by atoms with E-state index in [9.17, 15) is 26.3 Å². The van der Waals surface area contributed by atoms with Gasteiger partial charge in [0, 0.05) is 5.69 Å². The van der Waals surface area contributed by atoms with Gasteiger partial charge < -0.3 is 9.32 Å². The first-order valence-electron chi connectivity index (χ1n) is 6.55. The quantitative estimate of drug-likeness (QED) is 0.750. The van der Waals surface area contributed by atoms with Crippen LogP contribution in [-0.4, -0.2) is 12.7 Å². The Morgan fingerprint density at radius 2 is 1.79 bits per heavy atom. The standard InChI is InChI=1S/C15H10F6N2O/c16-14(17,18)9-23(8-12-2-1-5-24-12)11-4-3-10(7-22)13(6-11)15(19,20)21/h1-6H,8-9H2. The van der Waals surface area contributed by atoms with Gasteiger partial charge in [-0.25, -0.2) is 0 Å². The highest BCUT2D eigenvalue weighted by molar-refractivity contribution is 5.55. The molecule has 128 valence electrons. The van der Waals surface area contributed by atoms with Gasteiger partial charge in [0.15, 0.2) is 0 Å². The topological polar surface area (TPSA) is 40.2 Å². The molecule has 3 nitrogen and oxygen atoms in total. The summed E-state index contributed by atoms with van der Waals surface area (Å²) in [6.07, 6.45) is -8.23. The Labute approximate surface area is 132 Å². The van der Waals surface area contributed by atoms with Crippen molar-refractivity contribution < 1.29 is 30.8 Å². The highest BCUT2D eigenvalue weighted by atomic mass is 19.4. The van der Waals surface area contributed by atoms with Crippen molar-refractivity contribution in [3.8, 4) is 6.07 Å². The molecule has 0 aliphatic rings. The number of halogens is 6. The summed E-state index contributed by atoms with van der Waals surface area (Å²) in [6.45, 7) is -1.83. The number of anilines is 1. The molecule has 0 amide bonds. The molecule has 0 atom stereocenters. The fourth-order valence-corrected chi connectivity index (χ4v) is 2.11. The van der Waals surface area contributed by atoms with Crippen LogP contribution in [0.2, 0.25) is 0 Å². The molecule has 2 aromatic rings. The van der Waals surface area contributed by atoms with Crippen molar-refractivity contribution in [2.75, 3.05) is 11.4 Å². The predicted octanol–water partition coefficient (Wildman–Crippen LogP) is 4.74. The molecule has 0 aliphatic heterocycles. The van der Waals surface area contributed by atoms with Crippen LogP contribution >= 0.6 is 0 Å². The zero-order valence-electron chi connectivity index (χ0n) is 11.9. The van der Waals surface area contributed by atoms with E-state index in [1.165, 1.54) is 24.5 Å². The average molecular weight is 348 g/mol. The van der Waals surface area contributed by atoms with Gasteiger partial charge in [0.25, 0.3) is 0 Å². The van der Waals surface area contributed by atoms with Crippen LogP contribution in [0.1, 0.15) is 16.9 Å². The molecule has 0 saturated heterocycles. The Bertz CT molecular complexity index is 728. The molecule has 0 saturated carbocycles. The van der Waals surface area contributed by atoms with E-state index in [-0.39, 0.29) is 18.0 Å². The minimum Gasteiger partial charge on any atom is -0.467 e. The fraction of sp³-hybridized carbons (Fsp3) is 0.267. The number of benzene rings is 1. The van der Waals surface area contributed by atoms with E-state index in [1.807, 2.05) is 0 Å². The molecular weight excluding hydrogens is 338 g/mol. The van der Waals surface area contributed by atoms with Crippen LogP contribution in [0.5, 0.6) is 0 Å². The molecule has 0 radical (unpaired) electrons. The molecular formula is C15H10F6N2O. The summed E-state index contributed by atoms with van der Waals surface area (Å²) in [4.78, 5) is 0.704. The Balaban J connectivity index is 2.44. The van der Waals surface area contributed by atoms with Gasteiger partial charge in [-0.1, -0.05) is 0 Å². The normalized spacial score (nSPS) is 12.0. The van der Waals surface area contributed by atoms with Crippen molar-refractivity contribution in [3.05, 3.63) is 53.5 Å². The molecule has 0 fully saturated rings. The first kappa shape index (κ1) is 17.7. The molecule has 1 aromatic carbocycles. The third-order valence-electron chi connectivity index (χ3n) is 3.09. The number of hydrogen-bond donors (Lipinski definition) is 0. The summed E-state index contributed by atoms with van der Waals surface area (Å²) >= 11 is 0. The average Bonchev–Trinajstić information content (AvgIpc) is 2.96. The molecule has 1 heterocycles. The SMILES string of the molecule is N#Cc1ccc(N(Cc2ccco2)CC(F)(F)F)cc1C(F)(F)F. The first-order valence-corrected chi connectivity index (χ1v) is 6.55. The minimum atomic E-state index is -4.85. The van der Waals surface area contributed by atoms with Gasteiger partial charge in [0.2, 0.25) is 0 Å². The van der Waals surface area contributed by atoms with E-state index in [1.54, 1.807) is 0 Å². The molecule has 24 heavy (non-hydrogen) atoms. The van der Waals surface area contributed by atoms with Gasteiger partial charge in [-0.15, -0.1) is 0 Å². The van der Waals surface area contributed by atoms with Crippen LogP contribution in [0.4, 0.5) is 32.0 Å². The zero-order chi connectivity index (χ0) is 18.0. The third-order valence-corrected chi connectivity index (χ3v) is 3.09. The van der Waals surface area contributed by atoms with Crippen LogP contribution in [0.25, 0.3) is 0 Å². The number of alkyl halides is 6. The number of nitrogens with zero attached hydrogens (tertiary/aromatic N) is 2. The van der Waals surface area contributed by atoms with E-state index in [0.29, 0.717) is 11.0 Å². The minimum absolute atomic E-state index is 0.164. The highest BCUT2D eigenvalue weighted by Crippen LogP contribution is 2.35. The molecule has 0 N–H and O–H groups in total. The van der Waals surface area contributed by atoms with E-state index >= 15 is 0 Å². The second-order valence-corrected chi connectivity index (χ2v) is 4.89. The van der Waals surface area contributed by atoms with Gasteiger partial charge in [0.05, 0.1) is 30.0 Å². The number of rotatable bonds is 4. The summed E-state index contributed by atoms with van der Waals surface area (Å²) in [6, 6.07) is 6.69. The molecule has 2 rings (SSSR count). The van der Waals surface area contributed by atoms with E-state index in [2.05, 4.69) is 0 Å². The van der Waals surface area contributed by atoms with Crippen molar-refractivity contribution in [3.63, 3.8) is 0 Å². The van der Waals surface area contributed by atoms with E-state index in [4.69, 9.17) is 9.68 Å². The molecule has 0 unspecified atom stereocenters. The summed E-state index contributed by atoms with van der Waals surface area (Å²) < 4.78 is 82.2. The summed E-state index contributed by atoms with van der Waals surface area (Å²) in [5, 5.41) is 8.75. The maximum absolute atomic E-state index is 13.0. The lowest BCUT2D eigenvalue weighted by Gasteiger charge is -2.26. The van der Waals surface area contributed by atoms with Gasteiger partial charge in [-0.2, -0.15) is 31.6 Å². The molecule has 0 aliphatic carbocycles. The van der Waals surface area contributed by atoms with Gasteiger partial charge in [-0.3, -0.25) is 0 Å². The zero-order valence-corrected chi connectivity index (χ0v) is 11.9. The Hall–Kier alpha value is -2.63. The van der Waals surface area contributed by atoms with Crippen molar-refractivity contribution >= 4 is 5.69 Å². The van der Waals surface area contributed by atoms with Gasteiger partial charge in [-0.05, 0) is 30.3 Å². The maximum atomic E-state index is 13.0. The fourth-order valence-electron chi connectivity index (χ4n) is 2.11. The lowest BCUT2D eigenvalue weighted by molar-refractivity contribution is -0.137. The van der Waals surface area contributed by atoms with Crippen LogP contribution in [0.15, 0.2) is 41.0 Å². The first-order chi connectivity index (χ1) is 11.1. The molecule has 0 bridgehead atoms. The van der Waals surface area contributed by atoms with Gasteiger partial charge in [0.1, 0.15) is 12.3 Å². The molecule has 1 aromatic heterocycles. The van der Waals surface area contributed by atoms with Crippen LogP contribution < -0.4 is 4.90 Å². The summed E-state index contributed by atoms with van der Waals surface area (Å²) in [5.74, 6) is 0.164. The predicted molar refractivity (Wildman–Crippen MR) is 72.0 cm³/mol. The maximum Gasteiger partial charge on any atom is 0.417 e. The smallest absolute Gasteiger partial charge is 0.417 e. The van der Waals surface area contributed by atoms with Crippen LogP contribution in [0, 0.1) is 11.3 Å². The van der Waals surface area contributed by atoms with Crippen molar-refractivity contribution in [2.45, 2.75) is 18.9 Å². The Morgan fingerprint density at radius 1 is 1.08 bits per heavy atom. The lowest BCUT2D eigenvalue weighted by Crippen LogP contribution is -2.34. The number of furan rings is 1. The Kier molecular flexibility index (Phi) is 4.78. The Morgan fingerprint density at radius 3 is 2.29 bits per heavy atom. The lowest BCUT2D eigenvalue weighted by atomic mass is 10.1. The molecule has 9 heteroatoms. The summed E-state index contributed by atoms with van der Waals surface area (Å²) in [7, 11) is 0. The van der Waals surface area contributed by atoms with E-state index < -0.39 is 30.0 Å². The largest absolute Gasteiger partial charge is 0.467 e. The second kappa shape index (κ2) is 6.47. The van der Waals surface area contributed by atoms with Crippen LogP contribution in [-0.2, 0) is 12.7 Å². The van der Waals surface area contributed by atoms with Crippen molar-refractivity contribution in [1.82, 2.24) is 0 Å². The second-order valence-electron chi connectivity index (χ2n) is 4.89.